The van der Waals surface area contributed by atoms with Crippen LogP contribution in [0.1, 0.15) is 33.0 Å². The number of halogens is 2. The summed E-state index contributed by atoms with van der Waals surface area (Å²) in [6.45, 7) is 2.62. The van der Waals surface area contributed by atoms with Gasteiger partial charge in [0.15, 0.2) is 0 Å². The van der Waals surface area contributed by atoms with Gasteiger partial charge in [0.1, 0.15) is 33.8 Å². The van der Waals surface area contributed by atoms with Gasteiger partial charge in [0.2, 0.25) is 5.91 Å². The van der Waals surface area contributed by atoms with Gasteiger partial charge in [-0.1, -0.05) is 0 Å². The van der Waals surface area contributed by atoms with Crippen molar-refractivity contribution in [2.75, 3.05) is 5.32 Å². The van der Waals surface area contributed by atoms with E-state index >= 15 is 0 Å². The number of primary amides is 1. The van der Waals surface area contributed by atoms with Crippen LogP contribution in [0.15, 0.2) is 12.3 Å². The Bertz CT molecular complexity index is 1160. The lowest BCUT2D eigenvalue weighted by atomic mass is 10.1. The molecule has 3 heterocycles. The zero-order chi connectivity index (χ0) is 21.5. The van der Waals surface area contributed by atoms with E-state index < -0.39 is 28.9 Å². The average molecular weight is 424 g/mol. The van der Waals surface area contributed by atoms with Gasteiger partial charge >= 0.3 is 5.69 Å². The Hall–Kier alpha value is -3.48. The van der Waals surface area contributed by atoms with Gasteiger partial charge in [0.25, 0.3) is 12.3 Å². The molecular weight excluding hydrogens is 410 g/mol. The molecular formula is C16H14F2N6O4S. The summed E-state index contributed by atoms with van der Waals surface area (Å²) in [4.78, 5) is 38.5. The van der Waals surface area contributed by atoms with Crippen LogP contribution in [0.2, 0.25) is 0 Å². The van der Waals surface area contributed by atoms with E-state index in [-0.39, 0.29) is 33.3 Å². The number of nitro groups is 1. The molecule has 0 spiro atoms. The predicted molar refractivity (Wildman–Crippen MR) is 100 cm³/mol. The molecule has 0 atom stereocenters. The molecule has 29 heavy (non-hydrogen) atoms. The predicted octanol–water partition coefficient (Wildman–Crippen LogP) is 2.69. The van der Waals surface area contributed by atoms with Crippen LogP contribution in [0.5, 0.6) is 0 Å². The average Bonchev–Trinajstić information content (AvgIpc) is 3.16. The molecule has 0 aliphatic heterocycles. The van der Waals surface area contributed by atoms with Gasteiger partial charge < -0.3 is 11.1 Å². The number of nitrogens with zero attached hydrogens (tertiary/aromatic N) is 4. The molecule has 0 fully saturated rings. The van der Waals surface area contributed by atoms with Crippen molar-refractivity contribution >= 4 is 44.7 Å². The molecule has 0 saturated heterocycles. The maximum absolute atomic E-state index is 13.0. The molecule has 3 aromatic heterocycles. The normalized spacial score (nSPS) is 11.2. The number of pyridine rings is 1. The van der Waals surface area contributed by atoms with Crippen molar-refractivity contribution in [3.63, 3.8) is 0 Å². The Balaban J connectivity index is 1.98. The molecule has 0 bridgehead atoms. The molecule has 0 aliphatic rings. The molecule has 0 saturated carbocycles. The van der Waals surface area contributed by atoms with Crippen LogP contribution in [0, 0.1) is 24.0 Å². The number of carbonyl (C=O) groups is 2. The lowest BCUT2D eigenvalue weighted by molar-refractivity contribution is -0.385. The first-order chi connectivity index (χ1) is 13.6. The number of hydrogen-bond acceptors (Lipinski definition) is 7. The van der Waals surface area contributed by atoms with Gasteiger partial charge in [-0.3, -0.25) is 24.4 Å². The first kappa shape index (κ1) is 20.3. The number of hydrogen-bond donors (Lipinski definition) is 2. The standard InChI is InChI=1S/C16H14F2N6O4S/c1-6-3-8(14(17)18)21-16-11(6)12(13(29-16)15(19)26)22-10(25)5-23-7(2)9(4-20-23)24(27)28/h3-4,14H,5H2,1-2H3,(H2,19,26)(H,22,25). The second-order valence-corrected chi connectivity index (χ2v) is 7.09. The van der Waals surface area contributed by atoms with Crippen molar-refractivity contribution in [3.05, 3.63) is 44.2 Å². The third-order valence-electron chi connectivity index (χ3n) is 4.16. The quantitative estimate of drug-likeness (QED) is 0.459. The fourth-order valence-electron chi connectivity index (χ4n) is 2.80. The second kappa shape index (κ2) is 7.50. The van der Waals surface area contributed by atoms with E-state index in [1.807, 2.05) is 0 Å². The van der Waals surface area contributed by atoms with Gasteiger partial charge in [-0.25, -0.2) is 13.8 Å². The number of rotatable bonds is 6. The summed E-state index contributed by atoms with van der Waals surface area (Å²) in [5.74, 6) is -1.49. The van der Waals surface area contributed by atoms with E-state index in [4.69, 9.17) is 5.73 Å². The highest BCUT2D eigenvalue weighted by atomic mass is 32.1. The molecule has 3 aromatic rings. The largest absolute Gasteiger partial charge is 0.365 e. The first-order valence-electron chi connectivity index (χ1n) is 8.08. The smallest absolute Gasteiger partial charge is 0.309 e. The molecule has 0 aliphatic carbocycles. The Labute approximate surface area is 165 Å². The van der Waals surface area contributed by atoms with Crippen LogP contribution < -0.4 is 11.1 Å². The van der Waals surface area contributed by atoms with Crippen LogP contribution in [0.3, 0.4) is 0 Å². The number of aromatic nitrogens is 3. The zero-order valence-electron chi connectivity index (χ0n) is 15.1. The van der Waals surface area contributed by atoms with Crippen molar-refractivity contribution in [1.82, 2.24) is 14.8 Å². The third-order valence-corrected chi connectivity index (χ3v) is 5.26. The van der Waals surface area contributed by atoms with Gasteiger partial charge in [-0.2, -0.15) is 5.10 Å². The highest BCUT2D eigenvalue weighted by Gasteiger charge is 2.24. The topological polar surface area (TPSA) is 146 Å². The summed E-state index contributed by atoms with van der Waals surface area (Å²) in [6.07, 6.45) is -1.77. The summed E-state index contributed by atoms with van der Waals surface area (Å²) >= 11 is 0.792. The molecule has 13 heteroatoms. The summed E-state index contributed by atoms with van der Waals surface area (Å²) in [5, 5.41) is 17.6. The Morgan fingerprint density at radius 3 is 2.66 bits per heavy atom. The van der Waals surface area contributed by atoms with E-state index in [0.29, 0.717) is 10.9 Å². The molecule has 10 nitrogen and oxygen atoms in total. The molecule has 0 aromatic carbocycles. The van der Waals surface area contributed by atoms with E-state index in [2.05, 4.69) is 15.4 Å². The number of fused-ring (bicyclic) bond motifs is 1. The Kier molecular flexibility index (Phi) is 5.24. The van der Waals surface area contributed by atoms with Crippen molar-refractivity contribution in [2.24, 2.45) is 5.73 Å². The van der Waals surface area contributed by atoms with Gasteiger partial charge in [0.05, 0.1) is 10.6 Å². The van der Waals surface area contributed by atoms with Crippen LogP contribution >= 0.6 is 11.3 Å². The second-order valence-electron chi connectivity index (χ2n) is 6.09. The van der Waals surface area contributed by atoms with Crippen molar-refractivity contribution in [1.29, 1.82) is 0 Å². The number of nitrogens with one attached hydrogen (secondary N) is 1. The molecule has 3 rings (SSSR count). The molecule has 0 radical (unpaired) electrons. The highest BCUT2D eigenvalue weighted by molar-refractivity contribution is 7.21. The number of carbonyl (C=O) groups excluding carboxylic acids is 2. The maximum atomic E-state index is 13.0. The Morgan fingerprint density at radius 1 is 1.41 bits per heavy atom. The fourth-order valence-corrected chi connectivity index (χ4v) is 3.87. The van der Waals surface area contributed by atoms with Gasteiger partial charge in [-0.05, 0) is 25.5 Å². The molecule has 2 amide bonds. The van der Waals surface area contributed by atoms with E-state index in [1.165, 1.54) is 13.0 Å². The van der Waals surface area contributed by atoms with Crippen LogP contribution in [0.25, 0.3) is 10.2 Å². The van der Waals surface area contributed by atoms with E-state index in [0.717, 1.165) is 22.2 Å². The molecule has 3 N–H and O–H groups in total. The van der Waals surface area contributed by atoms with E-state index in [1.54, 1.807) is 6.92 Å². The number of amides is 2. The van der Waals surface area contributed by atoms with Crippen molar-refractivity contribution in [2.45, 2.75) is 26.8 Å². The first-order valence-corrected chi connectivity index (χ1v) is 8.90. The zero-order valence-corrected chi connectivity index (χ0v) is 15.9. The summed E-state index contributed by atoms with van der Waals surface area (Å²) < 4.78 is 27.2. The third kappa shape index (κ3) is 3.76. The van der Waals surface area contributed by atoms with Gasteiger partial charge in [0, 0.05) is 5.39 Å². The monoisotopic (exact) mass is 424 g/mol. The van der Waals surface area contributed by atoms with E-state index in [9.17, 15) is 28.5 Å². The van der Waals surface area contributed by atoms with Crippen LogP contribution in [-0.2, 0) is 11.3 Å². The maximum Gasteiger partial charge on any atom is 0.309 e. The molecule has 0 unspecified atom stereocenters. The number of alkyl halides is 2. The van der Waals surface area contributed by atoms with Crippen molar-refractivity contribution in [3.8, 4) is 0 Å². The minimum atomic E-state index is -2.80. The van der Waals surface area contributed by atoms with Crippen LogP contribution in [0.4, 0.5) is 20.2 Å². The fraction of sp³-hybridized carbons (Fsp3) is 0.250. The minimum Gasteiger partial charge on any atom is -0.365 e. The number of anilines is 1. The highest BCUT2D eigenvalue weighted by Crippen LogP contribution is 2.38. The lowest BCUT2D eigenvalue weighted by Crippen LogP contribution is -2.22. The number of nitrogens with two attached hydrogens (primary N) is 1. The minimum absolute atomic E-state index is 0.0430. The van der Waals surface area contributed by atoms with Gasteiger partial charge in [-0.15, -0.1) is 11.3 Å². The summed E-state index contributed by atoms with van der Waals surface area (Å²) in [5.41, 5.74) is 5.30. The number of aryl methyl sites for hydroxylation is 1. The van der Waals surface area contributed by atoms with Crippen LogP contribution in [-0.4, -0.2) is 31.5 Å². The summed E-state index contributed by atoms with van der Waals surface area (Å²) in [6, 6.07) is 1.17. The molecule has 152 valence electrons. The number of thiophene rings is 1. The van der Waals surface area contributed by atoms with Crippen molar-refractivity contribution < 1.29 is 23.3 Å². The summed E-state index contributed by atoms with van der Waals surface area (Å²) in [7, 11) is 0. The Morgan fingerprint density at radius 2 is 2.10 bits per heavy atom. The lowest BCUT2D eigenvalue weighted by Gasteiger charge is -2.09. The SMILES string of the molecule is Cc1cc(C(F)F)nc2sc(C(N)=O)c(NC(=O)Cn3ncc([N+](=O)[O-])c3C)c12.